The molecule has 0 fully saturated rings. The predicted octanol–water partition coefficient (Wildman–Crippen LogP) is 4.58. The molecule has 2 aromatic heterocycles. The van der Waals surface area contributed by atoms with Gasteiger partial charge in [0.1, 0.15) is 0 Å². The molecule has 0 aliphatic heterocycles. The van der Waals surface area contributed by atoms with Crippen molar-refractivity contribution in [2.45, 2.75) is 67.2 Å². The number of hydrogen-bond donors (Lipinski definition) is 0. The monoisotopic (exact) mass is 261 g/mol. The molecule has 19 heavy (non-hydrogen) atoms. The number of fused-ring (bicyclic) bond motifs is 1. The highest BCUT2D eigenvalue weighted by Gasteiger charge is 2.16. The van der Waals surface area contributed by atoms with E-state index in [9.17, 15) is 0 Å². The molecule has 0 saturated heterocycles. The Hall–Kier alpha value is -1.38. The Balaban J connectivity index is 0.000000861. The molecule has 0 bridgehead atoms. The third-order valence-electron chi connectivity index (χ3n) is 3.62. The van der Waals surface area contributed by atoms with Gasteiger partial charge < -0.3 is 0 Å². The Kier molecular flexibility index (Phi) is 5.52. The molecule has 2 heterocycles. The van der Waals surface area contributed by atoms with E-state index in [0.717, 1.165) is 29.9 Å². The molecule has 106 valence electrons. The summed E-state index contributed by atoms with van der Waals surface area (Å²) in [7, 11) is 0. The van der Waals surface area contributed by atoms with Crippen LogP contribution in [-0.4, -0.2) is 14.6 Å². The minimum absolute atomic E-state index is 0.567. The molecule has 0 saturated carbocycles. The van der Waals surface area contributed by atoms with Gasteiger partial charge in [-0.2, -0.15) is 5.10 Å². The lowest BCUT2D eigenvalue weighted by Gasteiger charge is -2.14. The zero-order valence-corrected chi connectivity index (χ0v) is 13.4. The summed E-state index contributed by atoms with van der Waals surface area (Å²) in [5.74, 6) is 0.567. The summed E-state index contributed by atoms with van der Waals surface area (Å²) < 4.78 is 2.04. The van der Waals surface area contributed by atoms with Crippen LogP contribution in [0.15, 0.2) is 6.07 Å². The summed E-state index contributed by atoms with van der Waals surface area (Å²) in [5, 5.41) is 4.62. The topological polar surface area (TPSA) is 30.2 Å². The molecule has 0 N–H and O–H groups in total. The molecule has 2 aromatic rings. The average Bonchev–Trinajstić information content (AvgIpc) is 2.70. The maximum absolute atomic E-state index is 4.62. The van der Waals surface area contributed by atoms with Crippen LogP contribution in [0.4, 0.5) is 0 Å². The van der Waals surface area contributed by atoms with Crippen molar-refractivity contribution in [2.75, 3.05) is 0 Å². The van der Waals surface area contributed by atoms with E-state index in [1.54, 1.807) is 0 Å². The second kappa shape index (κ2) is 6.69. The van der Waals surface area contributed by atoms with E-state index in [4.69, 9.17) is 0 Å². The highest BCUT2D eigenvalue weighted by molar-refractivity contribution is 5.50. The summed E-state index contributed by atoms with van der Waals surface area (Å²) in [6, 6.07) is 2.18. The molecule has 0 aliphatic rings. The van der Waals surface area contributed by atoms with Crippen molar-refractivity contribution in [1.29, 1.82) is 0 Å². The lowest BCUT2D eigenvalue weighted by Crippen LogP contribution is -2.07. The number of hydrogen-bond acceptors (Lipinski definition) is 2. The highest BCUT2D eigenvalue weighted by atomic mass is 15.3. The quantitative estimate of drug-likeness (QED) is 0.809. The number of aromatic nitrogens is 3. The Morgan fingerprint density at radius 3 is 2.21 bits per heavy atom. The molecular formula is C16H27N3. The number of rotatable bonds is 3. The SMILES string of the molecule is CC.CCC(CC)c1cc(C)nc2c(C)c(C)nn12. The van der Waals surface area contributed by atoms with Gasteiger partial charge in [0.2, 0.25) is 0 Å². The second-order valence-corrected chi connectivity index (χ2v) is 4.78. The van der Waals surface area contributed by atoms with E-state index in [1.165, 1.54) is 11.3 Å². The predicted molar refractivity (Wildman–Crippen MR) is 81.9 cm³/mol. The number of aryl methyl sites for hydroxylation is 3. The lowest BCUT2D eigenvalue weighted by atomic mass is 9.98. The minimum atomic E-state index is 0.567. The van der Waals surface area contributed by atoms with Gasteiger partial charge in [-0.1, -0.05) is 27.7 Å². The zero-order valence-electron chi connectivity index (χ0n) is 13.4. The molecule has 3 nitrogen and oxygen atoms in total. The van der Waals surface area contributed by atoms with Crippen molar-refractivity contribution in [2.24, 2.45) is 0 Å². The third-order valence-corrected chi connectivity index (χ3v) is 3.62. The molecule has 0 radical (unpaired) electrons. The largest absolute Gasteiger partial charge is 0.234 e. The standard InChI is InChI=1S/C14H21N3.C2H6/c1-6-12(7-2)13-8-9(3)15-14-10(4)11(5)16-17(13)14;1-2/h8,12H,6-7H2,1-5H3;1-2H3. The Labute approximate surface area is 117 Å². The molecule has 0 amide bonds. The molecule has 0 spiro atoms. The van der Waals surface area contributed by atoms with E-state index in [1.807, 2.05) is 18.4 Å². The first-order valence-corrected chi connectivity index (χ1v) is 7.41. The van der Waals surface area contributed by atoms with Crippen molar-refractivity contribution >= 4 is 5.65 Å². The lowest BCUT2D eigenvalue weighted by molar-refractivity contribution is 0.598. The minimum Gasteiger partial charge on any atom is -0.234 e. The molecule has 0 aromatic carbocycles. The van der Waals surface area contributed by atoms with Gasteiger partial charge in [0, 0.05) is 22.9 Å². The van der Waals surface area contributed by atoms with Gasteiger partial charge in [-0.25, -0.2) is 9.50 Å². The van der Waals surface area contributed by atoms with Crippen molar-refractivity contribution in [3.8, 4) is 0 Å². The van der Waals surface area contributed by atoms with E-state index in [2.05, 4.69) is 50.8 Å². The fourth-order valence-electron chi connectivity index (χ4n) is 2.38. The van der Waals surface area contributed by atoms with Crippen LogP contribution in [0, 0.1) is 20.8 Å². The first-order valence-electron chi connectivity index (χ1n) is 7.41. The van der Waals surface area contributed by atoms with Crippen LogP contribution in [0.25, 0.3) is 5.65 Å². The van der Waals surface area contributed by atoms with Crippen molar-refractivity contribution < 1.29 is 0 Å². The smallest absolute Gasteiger partial charge is 0.158 e. The normalized spacial score (nSPS) is 10.7. The van der Waals surface area contributed by atoms with E-state index < -0.39 is 0 Å². The summed E-state index contributed by atoms with van der Waals surface area (Å²) in [4.78, 5) is 4.61. The summed E-state index contributed by atoms with van der Waals surface area (Å²) in [6.07, 6.45) is 2.29. The zero-order chi connectivity index (χ0) is 14.6. The van der Waals surface area contributed by atoms with Gasteiger partial charge >= 0.3 is 0 Å². The van der Waals surface area contributed by atoms with E-state index >= 15 is 0 Å². The molecule has 0 unspecified atom stereocenters. The molecule has 3 heteroatoms. The van der Waals surface area contributed by atoms with Crippen LogP contribution in [0.1, 0.15) is 69.1 Å². The van der Waals surface area contributed by atoms with Crippen molar-refractivity contribution in [3.63, 3.8) is 0 Å². The Morgan fingerprint density at radius 1 is 1.11 bits per heavy atom. The summed E-state index contributed by atoms with van der Waals surface area (Å²) in [5.41, 5.74) is 5.68. The van der Waals surface area contributed by atoms with Crippen LogP contribution < -0.4 is 0 Å². The van der Waals surface area contributed by atoms with Crippen LogP contribution >= 0.6 is 0 Å². The molecule has 0 aliphatic carbocycles. The van der Waals surface area contributed by atoms with Crippen molar-refractivity contribution in [3.05, 3.63) is 28.7 Å². The maximum atomic E-state index is 4.62. The highest BCUT2D eigenvalue weighted by Crippen LogP contribution is 2.25. The first-order chi connectivity index (χ1) is 9.08. The molecule has 2 rings (SSSR count). The average molecular weight is 261 g/mol. The fourth-order valence-corrected chi connectivity index (χ4v) is 2.38. The Morgan fingerprint density at radius 2 is 1.68 bits per heavy atom. The second-order valence-electron chi connectivity index (χ2n) is 4.78. The van der Waals surface area contributed by atoms with E-state index in [-0.39, 0.29) is 0 Å². The fraction of sp³-hybridized carbons (Fsp3) is 0.625. The maximum Gasteiger partial charge on any atom is 0.158 e. The summed E-state index contributed by atoms with van der Waals surface area (Å²) in [6.45, 7) is 14.7. The van der Waals surface area contributed by atoms with Gasteiger partial charge in [-0.05, 0) is 39.7 Å². The van der Waals surface area contributed by atoms with Crippen molar-refractivity contribution in [1.82, 2.24) is 14.6 Å². The third kappa shape index (κ3) is 2.96. The van der Waals surface area contributed by atoms with Crippen LogP contribution in [0.3, 0.4) is 0 Å². The first kappa shape index (κ1) is 15.7. The Bertz CT molecular complexity index is 536. The van der Waals surface area contributed by atoms with Gasteiger partial charge in [0.05, 0.1) is 5.69 Å². The van der Waals surface area contributed by atoms with E-state index in [0.29, 0.717) is 5.92 Å². The van der Waals surface area contributed by atoms with Gasteiger partial charge in [-0.15, -0.1) is 0 Å². The van der Waals surface area contributed by atoms with Crippen LogP contribution in [-0.2, 0) is 0 Å². The number of nitrogens with zero attached hydrogens (tertiary/aromatic N) is 3. The van der Waals surface area contributed by atoms with Crippen LogP contribution in [0.2, 0.25) is 0 Å². The van der Waals surface area contributed by atoms with Gasteiger partial charge in [0.15, 0.2) is 5.65 Å². The van der Waals surface area contributed by atoms with Crippen LogP contribution in [0.5, 0.6) is 0 Å². The van der Waals surface area contributed by atoms with Gasteiger partial charge in [0.25, 0.3) is 0 Å². The van der Waals surface area contributed by atoms with Gasteiger partial charge in [-0.3, -0.25) is 0 Å². The summed E-state index contributed by atoms with van der Waals surface area (Å²) >= 11 is 0. The molecule has 0 atom stereocenters. The molecular weight excluding hydrogens is 234 g/mol.